The Balaban J connectivity index is 0.000000182. The van der Waals surface area contributed by atoms with E-state index in [2.05, 4.69) is 81.7 Å². The molecule has 10 heterocycles. The molecule has 0 saturated carbocycles. The van der Waals surface area contributed by atoms with E-state index in [4.69, 9.17) is 93.6 Å². The zero-order chi connectivity index (χ0) is 80.7. The number of imidazole rings is 4. The quantitative estimate of drug-likeness (QED) is 0.0136. The van der Waals surface area contributed by atoms with E-state index in [0.29, 0.717) is 11.4 Å². The first-order valence-electron chi connectivity index (χ1n) is 37.1. The van der Waals surface area contributed by atoms with Crippen molar-refractivity contribution >= 4 is 57.5 Å². The van der Waals surface area contributed by atoms with Gasteiger partial charge < -0.3 is 38.2 Å². The number of benzene rings is 6. The number of nitrogens with zero attached hydrogens (tertiary/aromatic N) is 12. The minimum absolute atomic E-state index is 0.0671. The Morgan fingerprint density at radius 1 is 0.379 bits per heavy atom. The number of terminal acetylenes is 4. The van der Waals surface area contributed by atoms with Gasteiger partial charge in [0.25, 0.3) is 11.8 Å². The molecule has 0 bridgehead atoms. The van der Waals surface area contributed by atoms with E-state index in [1.807, 2.05) is 181 Å². The van der Waals surface area contributed by atoms with Crippen molar-refractivity contribution in [1.29, 1.82) is 0 Å². The number of esters is 2. The van der Waals surface area contributed by atoms with Gasteiger partial charge in [0.1, 0.15) is 49.9 Å². The van der Waals surface area contributed by atoms with E-state index in [0.717, 1.165) is 143 Å². The molecule has 12 aromatic rings. The van der Waals surface area contributed by atoms with E-state index < -0.39 is 24.0 Å². The number of ether oxygens (including phenoxy) is 6. The lowest BCUT2D eigenvalue weighted by atomic mass is 9.95. The second kappa shape index (κ2) is 34.6. The normalized spacial score (nSPS) is 15.3. The smallest absolute Gasteiger partial charge is 0.361 e. The van der Waals surface area contributed by atoms with Gasteiger partial charge in [0, 0.05) is 44.5 Å². The first-order valence-corrected chi connectivity index (χ1v) is 38.7. The number of hydrogen-bond acceptors (Lipinski definition) is 22. The maximum Gasteiger partial charge on any atom is 0.361 e. The Morgan fingerprint density at radius 3 is 1.11 bits per heavy atom. The Labute approximate surface area is 677 Å². The standard InChI is InChI=1S/C47H40N6O6.C43H36N6O6S2/c1-7-33-17-19-39-37(23-33)41(35-15-11-9-13-29(35)3)50-31(5)44-43(48-25-52(39)44)47(54)57-28-56-27-55-21-22-58-59-46-45-32(6)51-42(36-16-12-10-14-30(36)4)38-24-34(8-2)18-20-40(38)53(45)26-49-46;1-7-29-19-33-40(56-29)35(31-15-11-9-13-25(31)3)46-27(5)38-37(44-21-48(33)38)43(50)53-24-52-23-51-17-18-54-55-42-39-28(6)47-36(32-16-12-10-14-26(32)4)41-34(49(39)22-45-42)20-30(8-2)57-41/h1-2,9-20,23-26,31-32H,21-22,27-28H2,3-6H3;1-2,9-16,19-22,27-28H,17-18,23-24H2,3-6H3. The average Bonchev–Trinajstić information content (AvgIpc) is 1.62. The van der Waals surface area contributed by atoms with Gasteiger partial charge in [-0.15, -0.1) is 48.4 Å². The summed E-state index contributed by atoms with van der Waals surface area (Å²) in [5.41, 5.74) is 21.1. The van der Waals surface area contributed by atoms with Gasteiger partial charge in [-0.3, -0.25) is 38.2 Å². The van der Waals surface area contributed by atoms with Crippen molar-refractivity contribution in [2.45, 2.75) is 79.6 Å². The summed E-state index contributed by atoms with van der Waals surface area (Å²) >= 11 is 2.99. The third-order valence-corrected chi connectivity index (χ3v) is 21.9. The van der Waals surface area contributed by atoms with Gasteiger partial charge in [0.05, 0.1) is 114 Å². The van der Waals surface area contributed by atoms with E-state index in [9.17, 15) is 9.59 Å². The van der Waals surface area contributed by atoms with Gasteiger partial charge in [-0.1, -0.05) is 121 Å². The summed E-state index contributed by atoms with van der Waals surface area (Å²) in [6.45, 7) is 15.4. The highest BCUT2D eigenvalue weighted by atomic mass is 32.1. The van der Waals surface area contributed by atoms with Crippen LogP contribution in [0.5, 0.6) is 11.8 Å². The number of rotatable bonds is 24. The fourth-order valence-corrected chi connectivity index (χ4v) is 16.2. The predicted octanol–water partition coefficient (Wildman–Crippen LogP) is 15.3. The Hall–Kier alpha value is -13.2. The largest absolute Gasteiger partial charge is 0.434 e. The average molecular weight is 1580 g/mol. The summed E-state index contributed by atoms with van der Waals surface area (Å²) in [5.74, 6) is 10.2. The summed E-state index contributed by atoms with van der Waals surface area (Å²) in [4.78, 5) is 90.5. The SMILES string of the molecule is C#Cc1cc2c(s1)C(c1ccccc1C)=NC(C)c1c(OOCCOCOCOC(=O)c3ncn4c3C(C)N=C(c3ccccc3C)c3sc(C#C)cc3-4)ncn1-2.C#Cc1ccc2c(c1)C(c1ccccc1C)=NC(C)c1c(OOCCOCOCOC(=O)c3ncn4c3C(C)N=C(c3ccccc3C)c3cc(C#C)ccc3-4)ncn1-2. The molecule has 0 spiro atoms. The van der Waals surface area contributed by atoms with E-state index in [1.54, 1.807) is 25.3 Å². The highest BCUT2D eigenvalue weighted by Gasteiger charge is 2.36. The molecular formula is C90H76N12O12S2. The van der Waals surface area contributed by atoms with Crippen molar-refractivity contribution in [1.82, 2.24) is 38.2 Å². The summed E-state index contributed by atoms with van der Waals surface area (Å²) < 4.78 is 40.4. The summed E-state index contributed by atoms with van der Waals surface area (Å²) in [5, 5.41) is 0. The maximum absolute atomic E-state index is 13.3. The Kier molecular flexibility index (Phi) is 23.3. The van der Waals surface area contributed by atoms with Crippen molar-refractivity contribution in [3.63, 3.8) is 0 Å². The number of carbonyl (C=O) groups is 2. The minimum atomic E-state index is -0.651. The summed E-state index contributed by atoms with van der Waals surface area (Å²) in [7, 11) is 0. The van der Waals surface area contributed by atoms with Gasteiger partial charge in [-0.25, -0.2) is 19.6 Å². The highest BCUT2D eigenvalue weighted by molar-refractivity contribution is 7.15. The van der Waals surface area contributed by atoms with Crippen LogP contribution in [0.15, 0.2) is 191 Å². The van der Waals surface area contributed by atoms with Crippen LogP contribution in [0.25, 0.3) is 22.7 Å². The fraction of sp³-hybridized carbons (Fsp3) is 0.222. The van der Waals surface area contributed by atoms with Crippen molar-refractivity contribution in [2.24, 2.45) is 20.0 Å². The number of aromatic nitrogens is 8. The van der Waals surface area contributed by atoms with Crippen LogP contribution in [-0.4, -0.2) is 127 Å². The second-order valence-electron chi connectivity index (χ2n) is 27.2. The first-order chi connectivity index (χ1) is 56.5. The monoisotopic (exact) mass is 1580 g/mol. The highest BCUT2D eigenvalue weighted by Crippen LogP contribution is 2.43. The van der Waals surface area contributed by atoms with Gasteiger partial charge in [-0.05, 0) is 126 Å². The van der Waals surface area contributed by atoms with Gasteiger partial charge in [-0.2, -0.15) is 19.7 Å². The number of carbonyl (C=O) groups excluding carboxylic acids is 2. The number of hydrogen-bond donors (Lipinski definition) is 0. The topological polar surface area (TPSA) is 247 Å². The molecule has 0 fully saturated rings. The molecule has 16 rings (SSSR count). The molecule has 0 N–H and O–H groups in total. The molecular weight excluding hydrogens is 1510 g/mol. The molecule has 6 aromatic carbocycles. The molecule has 0 saturated heterocycles. The number of aryl methyl sites for hydroxylation is 4. The lowest BCUT2D eigenvalue weighted by Gasteiger charge is -2.13. The lowest BCUT2D eigenvalue weighted by molar-refractivity contribution is -0.225. The Bertz CT molecular complexity index is 6120. The first kappa shape index (κ1) is 78.1. The molecule has 4 aliphatic rings. The number of thiophene rings is 2. The second-order valence-corrected chi connectivity index (χ2v) is 29.3. The zero-order valence-electron chi connectivity index (χ0n) is 64.5. The fourth-order valence-electron chi connectivity index (χ4n) is 14.3. The van der Waals surface area contributed by atoms with Crippen LogP contribution >= 0.6 is 22.7 Å². The number of fused-ring (bicyclic) bond motifs is 12. The zero-order valence-corrected chi connectivity index (χ0v) is 66.2. The third kappa shape index (κ3) is 15.7. The predicted molar refractivity (Wildman–Crippen MR) is 440 cm³/mol. The van der Waals surface area contributed by atoms with Crippen molar-refractivity contribution in [3.8, 4) is 83.9 Å². The molecule has 24 nitrogen and oxygen atoms in total. The van der Waals surface area contributed by atoms with E-state index in [-0.39, 0.29) is 88.8 Å². The maximum atomic E-state index is 13.3. The van der Waals surface area contributed by atoms with Crippen LogP contribution in [0.4, 0.5) is 0 Å². The molecule has 4 atom stereocenters. The molecule has 4 unspecified atom stereocenters. The van der Waals surface area contributed by atoms with E-state index in [1.165, 1.54) is 22.7 Å². The summed E-state index contributed by atoms with van der Waals surface area (Å²) in [6, 6.07) is 46.3. The summed E-state index contributed by atoms with van der Waals surface area (Å²) in [6.07, 6.45) is 29.7. The molecule has 26 heteroatoms. The molecule has 6 aromatic heterocycles. The minimum Gasteiger partial charge on any atom is -0.434 e. The van der Waals surface area contributed by atoms with E-state index >= 15 is 0 Å². The van der Waals surface area contributed by atoms with Crippen LogP contribution < -0.4 is 9.78 Å². The molecule has 580 valence electrons. The van der Waals surface area contributed by atoms with Crippen LogP contribution in [0.3, 0.4) is 0 Å². The van der Waals surface area contributed by atoms with Gasteiger partial charge >= 0.3 is 11.9 Å². The molecule has 0 aliphatic carbocycles. The molecule has 0 amide bonds. The third-order valence-electron chi connectivity index (χ3n) is 19.8. The van der Waals surface area contributed by atoms with Crippen molar-refractivity contribution in [3.05, 3.63) is 291 Å². The lowest BCUT2D eigenvalue weighted by Crippen LogP contribution is -2.15. The number of aliphatic imine (C=N–C) groups is 4. The van der Waals surface area contributed by atoms with Crippen molar-refractivity contribution < 1.29 is 57.6 Å². The Morgan fingerprint density at radius 2 is 0.724 bits per heavy atom. The van der Waals surface area contributed by atoms with Crippen LogP contribution in [0.2, 0.25) is 0 Å². The van der Waals surface area contributed by atoms with Gasteiger partial charge in [0.2, 0.25) is 0 Å². The molecule has 0 radical (unpaired) electrons. The van der Waals surface area contributed by atoms with Crippen LogP contribution in [0, 0.1) is 77.1 Å². The molecule has 116 heavy (non-hydrogen) atoms. The molecule has 4 aliphatic heterocycles. The van der Waals surface area contributed by atoms with Crippen LogP contribution in [0.1, 0.15) is 182 Å². The van der Waals surface area contributed by atoms with Crippen LogP contribution in [-0.2, 0) is 38.2 Å². The van der Waals surface area contributed by atoms with Crippen molar-refractivity contribution in [2.75, 3.05) is 53.6 Å². The van der Waals surface area contributed by atoms with Gasteiger partial charge in [0.15, 0.2) is 38.6 Å².